The van der Waals surface area contributed by atoms with Gasteiger partial charge in [-0.2, -0.15) is 0 Å². The van der Waals surface area contributed by atoms with Gasteiger partial charge in [0.1, 0.15) is 0 Å². The van der Waals surface area contributed by atoms with Gasteiger partial charge in [0.25, 0.3) is 0 Å². The first kappa shape index (κ1) is 8.06. The monoisotopic (exact) mass is 186 g/mol. The number of rotatable bonds is 1. The van der Waals surface area contributed by atoms with Gasteiger partial charge >= 0.3 is 0 Å². The van der Waals surface area contributed by atoms with E-state index >= 15 is 0 Å². The van der Waals surface area contributed by atoms with Crippen LogP contribution in [0.25, 0.3) is 10.9 Å². The Labute approximate surface area is 83.3 Å². The zero-order chi connectivity index (χ0) is 9.54. The second-order valence-electron chi connectivity index (χ2n) is 4.17. The summed E-state index contributed by atoms with van der Waals surface area (Å²) in [6.07, 6.45) is 4.43. The fourth-order valence-electron chi connectivity index (χ4n) is 2.28. The molecule has 1 saturated carbocycles. The lowest BCUT2D eigenvalue weighted by Crippen LogP contribution is -2.37. The normalized spacial score (nSPS) is 26.4. The number of benzene rings is 1. The van der Waals surface area contributed by atoms with Crippen LogP contribution in [0.2, 0.25) is 0 Å². The molecule has 0 aliphatic heterocycles. The smallest absolute Gasteiger partial charge is 0.0482 e. The molecular weight excluding hydrogens is 172 g/mol. The molecule has 0 amide bonds. The highest BCUT2D eigenvalue weighted by molar-refractivity contribution is 5.80. The minimum Gasteiger partial charge on any atom is -0.344 e. The van der Waals surface area contributed by atoms with Crippen LogP contribution in [0.5, 0.6) is 0 Å². The van der Waals surface area contributed by atoms with E-state index in [-0.39, 0.29) is 0 Å². The minimum absolute atomic E-state index is 0.418. The fraction of sp³-hybridized carbons (Fsp3) is 0.333. The van der Waals surface area contributed by atoms with Crippen LogP contribution in [0.15, 0.2) is 36.5 Å². The molecule has 0 atom stereocenters. The first-order chi connectivity index (χ1) is 6.84. The largest absolute Gasteiger partial charge is 0.344 e. The summed E-state index contributed by atoms with van der Waals surface area (Å²) in [6.45, 7) is 0. The van der Waals surface area contributed by atoms with Crippen LogP contribution in [-0.2, 0) is 0 Å². The molecule has 0 bridgehead atoms. The van der Waals surface area contributed by atoms with E-state index in [1.54, 1.807) is 0 Å². The Morgan fingerprint density at radius 2 is 1.93 bits per heavy atom. The molecule has 1 aromatic carbocycles. The maximum absolute atomic E-state index is 5.81. The summed E-state index contributed by atoms with van der Waals surface area (Å²) < 4.78 is 2.36. The van der Waals surface area contributed by atoms with Gasteiger partial charge in [0.15, 0.2) is 0 Å². The Kier molecular flexibility index (Phi) is 1.64. The molecule has 1 fully saturated rings. The van der Waals surface area contributed by atoms with E-state index in [4.69, 9.17) is 5.73 Å². The van der Waals surface area contributed by atoms with Gasteiger partial charge in [-0.3, -0.25) is 0 Å². The van der Waals surface area contributed by atoms with Gasteiger partial charge < -0.3 is 10.3 Å². The molecule has 1 heterocycles. The Morgan fingerprint density at radius 3 is 2.71 bits per heavy atom. The lowest BCUT2D eigenvalue weighted by molar-refractivity contribution is 0.273. The van der Waals surface area contributed by atoms with Gasteiger partial charge in [0.2, 0.25) is 0 Å². The average molecular weight is 186 g/mol. The second kappa shape index (κ2) is 2.85. The molecule has 72 valence electrons. The summed E-state index contributed by atoms with van der Waals surface area (Å²) in [5.74, 6) is 0. The van der Waals surface area contributed by atoms with Gasteiger partial charge in [-0.15, -0.1) is 0 Å². The average Bonchev–Trinajstić information content (AvgIpc) is 2.56. The predicted molar refractivity (Wildman–Crippen MR) is 58.2 cm³/mol. The molecule has 2 nitrogen and oxygen atoms in total. The van der Waals surface area contributed by atoms with Crippen molar-refractivity contribution in [3.63, 3.8) is 0 Å². The third-order valence-corrected chi connectivity index (χ3v) is 3.17. The predicted octanol–water partition coefficient (Wildman–Crippen LogP) is 2.30. The third-order valence-electron chi connectivity index (χ3n) is 3.17. The summed E-state index contributed by atoms with van der Waals surface area (Å²) in [6, 6.07) is 11.7. The summed E-state index contributed by atoms with van der Waals surface area (Å²) in [7, 11) is 0. The quantitative estimate of drug-likeness (QED) is 0.728. The molecule has 2 N–H and O–H groups in total. The maximum Gasteiger partial charge on any atom is 0.0482 e. The number of hydrogen-bond acceptors (Lipinski definition) is 1. The van der Waals surface area contributed by atoms with Crippen molar-refractivity contribution in [3.8, 4) is 0 Å². The van der Waals surface area contributed by atoms with Crippen LogP contribution >= 0.6 is 0 Å². The molecule has 0 spiro atoms. The maximum atomic E-state index is 5.81. The summed E-state index contributed by atoms with van der Waals surface area (Å²) in [5, 5.41) is 1.33. The molecule has 2 aromatic rings. The number of nitrogens with zero attached hydrogens (tertiary/aromatic N) is 1. The van der Waals surface area contributed by atoms with Crippen LogP contribution in [-0.4, -0.2) is 10.6 Å². The van der Waals surface area contributed by atoms with Gasteiger partial charge in [0.05, 0.1) is 0 Å². The van der Waals surface area contributed by atoms with E-state index in [0.717, 1.165) is 12.8 Å². The molecule has 1 aliphatic rings. The zero-order valence-corrected chi connectivity index (χ0v) is 8.06. The summed E-state index contributed by atoms with van der Waals surface area (Å²) in [5.41, 5.74) is 7.14. The number of aromatic nitrogens is 1. The molecular formula is C12H14N2. The number of para-hydroxylation sites is 1. The van der Waals surface area contributed by atoms with E-state index in [2.05, 4.69) is 41.1 Å². The topological polar surface area (TPSA) is 30.9 Å². The van der Waals surface area contributed by atoms with Crippen LogP contribution < -0.4 is 5.73 Å². The first-order valence-electron chi connectivity index (χ1n) is 5.16. The van der Waals surface area contributed by atoms with Crippen LogP contribution in [0, 0.1) is 0 Å². The van der Waals surface area contributed by atoms with Crippen molar-refractivity contribution in [3.05, 3.63) is 36.5 Å². The lowest BCUT2D eigenvalue weighted by atomic mass is 9.87. The van der Waals surface area contributed by atoms with Crippen molar-refractivity contribution >= 4 is 10.9 Å². The van der Waals surface area contributed by atoms with Crippen LogP contribution in [0.4, 0.5) is 0 Å². The van der Waals surface area contributed by atoms with E-state index in [0.29, 0.717) is 12.1 Å². The molecule has 0 unspecified atom stereocenters. The highest BCUT2D eigenvalue weighted by Crippen LogP contribution is 2.33. The Bertz CT molecular complexity index is 452. The van der Waals surface area contributed by atoms with E-state index < -0.39 is 0 Å². The van der Waals surface area contributed by atoms with Crippen molar-refractivity contribution in [2.75, 3.05) is 0 Å². The number of fused-ring (bicyclic) bond motifs is 1. The molecule has 0 radical (unpaired) electrons. The molecule has 1 aromatic heterocycles. The fourth-order valence-corrected chi connectivity index (χ4v) is 2.28. The first-order valence-corrected chi connectivity index (χ1v) is 5.16. The Morgan fingerprint density at radius 1 is 1.14 bits per heavy atom. The zero-order valence-electron chi connectivity index (χ0n) is 8.06. The van der Waals surface area contributed by atoms with Crippen molar-refractivity contribution in [2.24, 2.45) is 5.73 Å². The molecule has 14 heavy (non-hydrogen) atoms. The van der Waals surface area contributed by atoms with Gasteiger partial charge in [-0.05, 0) is 30.4 Å². The standard InChI is InChI=1S/C12H14N2/c13-10-7-11(8-10)14-6-5-9-3-1-2-4-12(9)14/h1-6,10-11H,7-8,13H2. The van der Waals surface area contributed by atoms with Crippen molar-refractivity contribution < 1.29 is 0 Å². The summed E-state index contributed by atoms with van der Waals surface area (Å²) >= 11 is 0. The molecule has 0 saturated heterocycles. The van der Waals surface area contributed by atoms with Gasteiger partial charge in [-0.25, -0.2) is 0 Å². The second-order valence-corrected chi connectivity index (χ2v) is 4.17. The SMILES string of the molecule is NC1CC(n2ccc3ccccc32)C1. The van der Waals surface area contributed by atoms with Crippen LogP contribution in [0.3, 0.4) is 0 Å². The van der Waals surface area contributed by atoms with E-state index in [1.165, 1.54) is 10.9 Å². The van der Waals surface area contributed by atoms with Crippen LogP contribution in [0.1, 0.15) is 18.9 Å². The number of hydrogen-bond donors (Lipinski definition) is 1. The highest BCUT2D eigenvalue weighted by atomic mass is 15.0. The minimum atomic E-state index is 0.418. The Balaban J connectivity index is 2.05. The number of nitrogens with two attached hydrogens (primary N) is 1. The third kappa shape index (κ3) is 1.07. The van der Waals surface area contributed by atoms with Crippen molar-refractivity contribution in [1.29, 1.82) is 0 Å². The Hall–Kier alpha value is -1.28. The van der Waals surface area contributed by atoms with Crippen molar-refractivity contribution in [1.82, 2.24) is 4.57 Å². The molecule has 3 rings (SSSR count). The highest BCUT2D eigenvalue weighted by Gasteiger charge is 2.27. The molecule has 2 heteroatoms. The summed E-state index contributed by atoms with van der Waals surface area (Å²) in [4.78, 5) is 0. The van der Waals surface area contributed by atoms with E-state index in [9.17, 15) is 0 Å². The van der Waals surface area contributed by atoms with Gasteiger partial charge in [0, 0.05) is 23.8 Å². The lowest BCUT2D eigenvalue weighted by Gasteiger charge is -2.34. The van der Waals surface area contributed by atoms with E-state index in [1.807, 2.05) is 0 Å². The van der Waals surface area contributed by atoms with Crippen molar-refractivity contribution in [2.45, 2.75) is 24.9 Å². The van der Waals surface area contributed by atoms with Gasteiger partial charge in [-0.1, -0.05) is 18.2 Å². The molecule has 1 aliphatic carbocycles.